The maximum Gasteiger partial charge on any atom is -0.0153 e. The number of benzene rings is 1. The molecule has 0 bridgehead atoms. The minimum atomic E-state index is 1.09. The van der Waals surface area contributed by atoms with E-state index in [9.17, 15) is 0 Å². The standard InChI is InChI=1S/C16H22/c1-5-7-11-15(13(3)4)16-12-9-8-10-14(16)6-2/h7-12H,5-6H2,1-4H3/b11-7-. The zero-order valence-electron chi connectivity index (χ0n) is 10.9. The fraction of sp³-hybridized carbons (Fsp3) is 0.375. The van der Waals surface area contributed by atoms with Crippen molar-refractivity contribution in [1.82, 2.24) is 0 Å². The van der Waals surface area contributed by atoms with E-state index in [2.05, 4.69) is 64.1 Å². The SMILES string of the molecule is CC/C=C\C(=C(C)C)c1ccccc1CC. The van der Waals surface area contributed by atoms with Crippen molar-refractivity contribution < 1.29 is 0 Å². The van der Waals surface area contributed by atoms with E-state index in [0.29, 0.717) is 0 Å². The van der Waals surface area contributed by atoms with Crippen molar-refractivity contribution in [1.29, 1.82) is 0 Å². The fourth-order valence-corrected chi connectivity index (χ4v) is 1.85. The first kappa shape index (κ1) is 12.8. The molecule has 1 aromatic rings. The molecule has 0 radical (unpaired) electrons. The van der Waals surface area contributed by atoms with Crippen LogP contribution in [0.1, 0.15) is 45.2 Å². The van der Waals surface area contributed by atoms with Crippen molar-refractivity contribution >= 4 is 5.57 Å². The minimum absolute atomic E-state index is 1.09. The topological polar surface area (TPSA) is 0 Å². The predicted molar refractivity (Wildman–Crippen MR) is 73.5 cm³/mol. The predicted octanol–water partition coefficient (Wildman–Crippen LogP) is 5.01. The molecule has 0 heterocycles. The monoisotopic (exact) mass is 214 g/mol. The van der Waals surface area contributed by atoms with Crippen LogP contribution < -0.4 is 0 Å². The number of aryl methyl sites for hydroxylation is 1. The lowest BCUT2D eigenvalue weighted by molar-refractivity contribution is 1.13. The number of hydrogen-bond acceptors (Lipinski definition) is 0. The van der Waals surface area contributed by atoms with Crippen LogP contribution in [0.2, 0.25) is 0 Å². The van der Waals surface area contributed by atoms with Crippen LogP contribution in [0.4, 0.5) is 0 Å². The Kier molecular flexibility index (Phi) is 5.04. The Bertz CT molecular complexity index is 390. The van der Waals surface area contributed by atoms with Gasteiger partial charge in [0.25, 0.3) is 0 Å². The summed E-state index contributed by atoms with van der Waals surface area (Å²) < 4.78 is 0. The average molecular weight is 214 g/mol. The Morgan fingerprint density at radius 3 is 2.38 bits per heavy atom. The second-order valence-electron chi connectivity index (χ2n) is 4.23. The molecule has 0 spiro atoms. The Balaban J connectivity index is 3.22. The Morgan fingerprint density at radius 1 is 1.12 bits per heavy atom. The van der Waals surface area contributed by atoms with Gasteiger partial charge in [0, 0.05) is 0 Å². The summed E-state index contributed by atoms with van der Waals surface area (Å²) in [6.07, 6.45) is 6.66. The molecule has 0 aromatic heterocycles. The molecule has 0 atom stereocenters. The van der Waals surface area contributed by atoms with Crippen LogP contribution in [0.15, 0.2) is 42.0 Å². The molecule has 0 aliphatic rings. The minimum Gasteiger partial charge on any atom is -0.0842 e. The molecule has 16 heavy (non-hydrogen) atoms. The van der Waals surface area contributed by atoms with Crippen LogP contribution in [0.25, 0.3) is 5.57 Å². The van der Waals surface area contributed by atoms with Gasteiger partial charge in [-0.3, -0.25) is 0 Å². The van der Waals surface area contributed by atoms with E-state index in [1.54, 1.807) is 0 Å². The Hall–Kier alpha value is -1.30. The fourth-order valence-electron chi connectivity index (χ4n) is 1.85. The van der Waals surface area contributed by atoms with Gasteiger partial charge in [-0.1, -0.05) is 55.8 Å². The molecule has 0 amide bonds. The summed E-state index contributed by atoms with van der Waals surface area (Å²) in [6, 6.07) is 8.69. The summed E-state index contributed by atoms with van der Waals surface area (Å²) in [5.74, 6) is 0. The normalized spacial score (nSPS) is 10.8. The maximum atomic E-state index is 2.25. The molecule has 0 aliphatic carbocycles. The molecule has 0 N–H and O–H groups in total. The van der Waals surface area contributed by atoms with Gasteiger partial charge >= 0.3 is 0 Å². The molecule has 0 unspecified atom stereocenters. The largest absolute Gasteiger partial charge is 0.0842 e. The highest BCUT2D eigenvalue weighted by Gasteiger charge is 2.04. The molecule has 0 nitrogen and oxygen atoms in total. The summed E-state index contributed by atoms with van der Waals surface area (Å²) in [7, 11) is 0. The van der Waals surface area contributed by atoms with Gasteiger partial charge in [0.2, 0.25) is 0 Å². The molecule has 0 aliphatic heterocycles. The lowest BCUT2D eigenvalue weighted by atomic mass is 9.94. The van der Waals surface area contributed by atoms with Crippen LogP contribution in [0, 0.1) is 0 Å². The molecule has 0 fully saturated rings. The molecular weight excluding hydrogens is 192 g/mol. The van der Waals surface area contributed by atoms with Crippen molar-refractivity contribution in [2.75, 3.05) is 0 Å². The lowest BCUT2D eigenvalue weighted by Gasteiger charge is -2.10. The van der Waals surface area contributed by atoms with E-state index < -0.39 is 0 Å². The number of allylic oxidation sites excluding steroid dienone is 4. The molecule has 0 saturated heterocycles. The van der Waals surface area contributed by atoms with Gasteiger partial charge in [0.1, 0.15) is 0 Å². The summed E-state index contributed by atoms with van der Waals surface area (Å²) in [6.45, 7) is 8.75. The van der Waals surface area contributed by atoms with Crippen molar-refractivity contribution in [3.8, 4) is 0 Å². The molecule has 1 aromatic carbocycles. The van der Waals surface area contributed by atoms with Gasteiger partial charge in [0.05, 0.1) is 0 Å². The van der Waals surface area contributed by atoms with E-state index in [0.717, 1.165) is 12.8 Å². The van der Waals surface area contributed by atoms with Gasteiger partial charge in [0.15, 0.2) is 0 Å². The third-order valence-electron chi connectivity index (χ3n) is 2.75. The maximum absolute atomic E-state index is 2.25. The Labute approximate surface area is 99.7 Å². The van der Waals surface area contributed by atoms with E-state index >= 15 is 0 Å². The lowest BCUT2D eigenvalue weighted by Crippen LogP contribution is -1.91. The second-order valence-corrected chi connectivity index (χ2v) is 4.23. The highest BCUT2D eigenvalue weighted by molar-refractivity contribution is 5.78. The third kappa shape index (κ3) is 3.10. The van der Waals surface area contributed by atoms with Crippen molar-refractivity contribution in [3.63, 3.8) is 0 Å². The third-order valence-corrected chi connectivity index (χ3v) is 2.75. The zero-order valence-corrected chi connectivity index (χ0v) is 10.9. The van der Waals surface area contributed by atoms with Crippen LogP contribution in [-0.2, 0) is 6.42 Å². The van der Waals surface area contributed by atoms with Crippen molar-refractivity contribution in [3.05, 3.63) is 53.1 Å². The summed E-state index contributed by atoms with van der Waals surface area (Å²) >= 11 is 0. The summed E-state index contributed by atoms with van der Waals surface area (Å²) in [4.78, 5) is 0. The van der Waals surface area contributed by atoms with Crippen LogP contribution in [0.5, 0.6) is 0 Å². The molecule has 0 saturated carbocycles. The second kappa shape index (κ2) is 6.32. The van der Waals surface area contributed by atoms with Gasteiger partial charge in [-0.05, 0) is 43.4 Å². The summed E-state index contributed by atoms with van der Waals surface area (Å²) in [5.41, 5.74) is 5.57. The van der Waals surface area contributed by atoms with Crippen molar-refractivity contribution in [2.24, 2.45) is 0 Å². The van der Waals surface area contributed by atoms with E-state index in [1.807, 2.05) is 0 Å². The summed E-state index contributed by atoms with van der Waals surface area (Å²) in [5, 5.41) is 0. The van der Waals surface area contributed by atoms with Crippen LogP contribution in [0.3, 0.4) is 0 Å². The van der Waals surface area contributed by atoms with Gasteiger partial charge < -0.3 is 0 Å². The van der Waals surface area contributed by atoms with E-state index in [1.165, 1.54) is 22.3 Å². The van der Waals surface area contributed by atoms with E-state index in [-0.39, 0.29) is 0 Å². The van der Waals surface area contributed by atoms with Gasteiger partial charge in [-0.2, -0.15) is 0 Å². The van der Waals surface area contributed by atoms with Crippen molar-refractivity contribution in [2.45, 2.75) is 40.5 Å². The van der Waals surface area contributed by atoms with Crippen LogP contribution in [-0.4, -0.2) is 0 Å². The number of rotatable bonds is 4. The first-order valence-electron chi connectivity index (χ1n) is 6.13. The first-order valence-corrected chi connectivity index (χ1v) is 6.13. The van der Waals surface area contributed by atoms with Crippen LogP contribution >= 0.6 is 0 Å². The van der Waals surface area contributed by atoms with Gasteiger partial charge in [-0.25, -0.2) is 0 Å². The quantitative estimate of drug-likeness (QED) is 0.618. The highest BCUT2D eigenvalue weighted by atomic mass is 14.1. The first-order chi connectivity index (χ1) is 7.70. The highest BCUT2D eigenvalue weighted by Crippen LogP contribution is 2.24. The zero-order chi connectivity index (χ0) is 12.0. The van der Waals surface area contributed by atoms with E-state index in [4.69, 9.17) is 0 Å². The molecule has 1 rings (SSSR count). The molecule has 86 valence electrons. The average Bonchev–Trinajstić information content (AvgIpc) is 2.29. The Morgan fingerprint density at radius 2 is 1.81 bits per heavy atom. The number of hydrogen-bond donors (Lipinski definition) is 0. The molecule has 0 heteroatoms. The smallest absolute Gasteiger partial charge is 0.0153 e. The van der Waals surface area contributed by atoms with Gasteiger partial charge in [-0.15, -0.1) is 0 Å². The molecular formula is C16H22.